The fraction of sp³-hybridized carbons (Fsp3) is 1.00. The third-order valence-electron chi connectivity index (χ3n) is 5.18. The largest absolute Gasteiger partial charge is 0.384 e. The summed E-state index contributed by atoms with van der Waals surface area (Å²) in [4.78, 5) is 2.64. The van der Waals surface area contributed by atoms with Gasteiger partial charge < -0.3 is 15.4 Å². The normalized spacial score (nSPS) is 33.5. The molecule has 0 bridgehead atoms. The highest BCUT2D eigenvalue weighted by molar-refractivity contribution is 4.89. The van der Waals surface area contributed by atoms with Crippen molar-refractivity contribution in [3.05, 3.63) is 0 Å². The van der Waals surface area contributed by atoms with E-state index in [4.69, 9.17) is 10.5 Å². The zero-order chi connectivity index (χ0) is 13.9. The fourth-order valence-electron chi connectivity index (χ4n) is 3.86. The monoisotopic (exact) mass is 268 g/mol. The van der Waals surface area contributed by atoms with E-state index in [0.29, 0.717) is 17.4 Å². The maximum absolute atomic E-state index is 6.35. The lowest BCUT2D eigenvalue weighted by Crippen LogP contribution is -2.47. The third kappa shape index (κ3) is 4.44. The van der Waals surface area contributed by atoms with E-state index in [1.807, 2.05) is 7.11 Å². The number of ether oxygens (including phenoxy) is 1. The molecule has 3 heteroatoms. The second kappa shape index (κ2) is 6.55. The van der Waals surface area contributed by atoms with Gasteiger partial charge in [0, 0.05) is 26.3 Å². The molecule has 0 aromatic carbocycles. The molecule has 3 nitrogen and oxygen atoms in total. The van der Waals surface area contributed by atoms with E-state index in [9.17, 15) is 0 Å². The Bertz CT molecular complexity index is 272. The maximum atomic E-state index is 6.35. The molecule has 0 spiro atoms. The minimum atomic E-state index is 0.421. The number of rotatable bonds is 4. The number of hydrogen-bond acceptors (Lipinski definition) is 3. The molecule has 1 heterocycles. The minimum Gasteiger partial charge on any atom is -0.384 e. The first-order chi connectivity index (χ1) is 9.00. The van der Waals surface area contributed by atoms with Gasteiger partial charge in [0.1, 0.15) is 0 Å². The van der Waals surface area contributed by atoms with Gasteiger partial charge in [0.25, 0.3) is 0 Å². The van der Waals surface area contributed by atoms with Gasteiger partial charge in [-0.2, -0.15) is 0 Å². The smallest absolute Gasteiger partial charge is 0.0491 e. The van der Waals surface area contributed by atoms with Gasteiger partial charge in [0.2, 0.25) is 0 Å². The molecule has 19 heavy (non-hydrogen) atoms. The second-order valence-corrected chi connectivity index (χ2v) is 7.53. The molecule has 0 aromatic rings. The van der Waals surface area contributed by atoms with Gasteiger partial charge in [-0.15, -0.1) is 0 Å². The van der Waals surface area contributed by atoms with Gasteiger partial charge in [-0.25, -0.2) is 0 Å². The summed E-state index contributed by atoms with van der Waals surface area (Å²) >= 11 is 0. The van der Waals surface area contributed by atoms with E-state index in [0.717, 1.165) is 12.5 Å². The molecule has 2 N–H and O–H groups in total. The average molecular weight is 268 g/mol. The molecule has 1 saturated heterocycles. The van der Waals surface area contributed by atoms with Crippen LogP contribution in [0.2, 0.25) is 0 Å². The van der Waals surface area contributed by atoms with Crippen LogP contribution in [0.4, 0.5) is 0 Å². The topological polar surface area (TPSA) is 38.5 Å². The number of nitrogens with two attached hydrogens (primary N) is 1. The van der Waals surface area contributed by atoms with Gasteiger partial charge >= 0.3 is 0 Å². The first kappa shape index (κ1) is 15.3. The summed E-state index contributed by atoms with van der Waals surface area (Å²) in [7, 11) is 1.81. The Hall–Kier alpha value is -0.120. The number of hydrogen-bond donors (Lipinski definition) is 1. The minimum absolute atomic E-state index is 0.421. The summed E-state index contributed by atoms with van der Waals surface area (Å²) in [6.07, 6.45) is 6.38. The molecule has 0 amide bonds. The van der Waals surface area contributed by atoms with Gasteiger partial charge in [0.15, 0.2) is 0 Å². The van der Waals surface area contributed by atoms with Crippen molar-refractivity contribution in [2.75, 3.05) is 33.4 Å². The van der Waals surface area contributed by atoms with Gasteiger partial charge in [-0.1, -0.05) is 13.8 Å². The lowest BCUT2D eigenvalue weighted by atomic mass is 9.70. The maximum Gasteiger partial charge on any atom is 0.0491 e. The van der Waals surface area contributed by atoms with E-state index < -0.39 is 0 Å². The Labute approximate surface area is 118 Å². The molecule has 1 saturated carbocycles. The van der Waals surface area contributed by atoms with Crippen LogP contribution < -0.4 is 5.73 Å². The number of nitrogens with zero attached hydrogens (tertiary/aromatic N) is 1. The van der Waals surface area contributed by atoms with Crippen LogP contribution in [-0.2, 0) is 4.74 Å². The summed E-state index contributed by atoms with van der Waals surface area (Å²) in [5.74, 6) is 1.47. The van der Waals surface area contributed by atoms with E-state index in [2.05, 4.69) is 18.7 Å². The second-order valence-electron chi connectivity index (χ2n) is 7.53. The zero-order valence-corrected chi connectivity index (χ0v) is 13.0. The van der Waals surface area contributed by atoms with Crippen molar-refractivity contribution in [2.45, 2.75) is 52.0 Å². The summed E-state index contributed by atoms with van der Waals surface area (Å²) in [6.45, 7) is 9.41. The van der Waals surface area contributed by atoms with Crippen LogP contribution in [0.1, 0.15) is 46.0 Å². The highest BCUT2D eigenvalue weighted by atomic mass is 16.5. The molecule has 0 radical (unpaired) electrons. The standard InChI is InChI=1S/C16H32N2O/c1-16(2)7-4-15(17)14(10-16)11-18-8-5-13(6-9-18)12-19-3/h13-15H,4-12,17H2,1-3H3. The molecular weight excluding hydrogens is 236 g/mol. The first-order valence-electron chi connectivity index (χ1n) is 7.97. The third-order valence-corrected chi connectivity index (χ3v) is 5.18. The van der Waals surface area contributed by atoms with Gasteiger partial charge in [-0.05, 0) is 62.4 Å². The summed E-state index contributed by atoms with van der Waals surface area (Å²) < 4.78 is 5.27. The molecule has 112 valence electrons. The van der Waals surface area contributed by atoms with E-state index in [1.54, 1.807) is 0 Å². The molecule has 2 rings (SSSR count). The first-order valence-corrected chi connectivity index (χ1v) is 7.97. The van der Waals surface area contributed by atoms with Crippen molar-refractivity contribution in [1.29, 1.82) is 0 Å². The van der Waals surface area contributed by atoms with Crippen molar-refractivity contribution in [2.24, 2.45) is 23.0 Å². The number of piperidine rings is 1. The van der Waals surface area contributed by atoms with Crippen molar-refractivity contribution in [3.63, 3.8) is 0 Å². The number of methoxy groups -OCH3 is 1. The van der Waals surface area contributed by atoms with E-state index in [1.165, 1.54) is 51.7 Å². The molecule has 2 atom stereocenters. The van der Waals surface area contributed by atoms with E-state index in [-0.39, 0.29) is 0 Å². The Balaban J connectivity index is 1.78. The molecule has 2 fully saturated rings. The Kier molecular flexibility index (Phi) is 5.27. The SMILES string of the molecule is COCC1CCN(CC2CC(C)(C)CCC2N)CC1. The van der Waals surface area contributed by atoms with Gasteiger partial charge in [-0.3, -0.25) is 0 Å². The van der Waals surface area contributed by atoms with Crippen LogP contribution in [0.15, 0.2) is 0 Å². The number of likely N-dealkylation sites (tertiary alicyclic amines) is 1. The fourth-order valence-corrected chi connectivity index (χ4v) is 3.86. The molecule has 1 aliphatic heterocycles. The summed E-state index contributed by atoms with van der Waals surface area (Å²) in [5.41, 5.74) is 6.84. The molecule has 2 aliphatic rings. The summed E-state index contributed by atoms with van der Waals surface area (Å²) in [5, 5.41) is 0. The summed E-state index contributed by atoms with van der Waals surface area (Å²) in [6, 6.07) is 0.421. The van der Waals surface area contributed by atoms with Crippen LogP contribution in [0.25, 0.3) is 0 Å². The van der Waals surface area contributed by atoms with Crippen LogP contribution in [0, 0.1) is 17.3 Å². The van der Waals surface area contributed by atoms with Crippen molar-refractivity contribution < 1.29 is 4.74 Å². The van der Waals surface area contributed by atoms with Crippen LogP contribution in [0.3, 0.4) is 0 Å². The lowest BCUT2D eigenvalue weighted by Gasteiger charge is -2.42. The zero-order valence-electron chi connectivity index (χ0n) is 13.0. The highest BCUT2D eigenvalue weighted by Gasteiger charge is 2.34. The van der Waals surface area contributed by atoms with Crippen molar-refractivity contribution >= 4 is 0 Å². The van der Waals surface area contributed by atoms with Crippen LogP contribution >= 0.6 is 0 Å². The average Bonchev–Trinajstić information content (AvgIpc) is 2.36. The van der Waals surface area contributed by atoms with Crippen molar-refractivity contribution in [3.8, 4) is 0 Å². The van der Waals surface area contributed by atoms with E-state index >= 15 is 0 Å². The quantitative estimate of drug-likeness (QED) is 0.851. The Morgan fingerprint density at radius 1 is 1.21 bits per heavy atom. The predicted molar refractivity (Wildman–Crippen MR) is 80.1 cm³/mol. The Morgan fingerprint density at radius 2 is 1.89 bits per heavy atom. The molecule has 1 aliphatic carbocycles. The van der Waals surface area contributed by atoms with Crippen LogP contribution in [-0.4, -0.2) is 44.3 Å². The predicted octanol–water partition coefficient (Wildman–Crippen LogP) is 2.50. The highest BCUT2D eigenvalue weighted by Crippen LogP contribution is 2.38. The molecular formula is C16H32N2O. The molecule has 2 unspecified atom stereocenters. The lowest BCUT2D eigenvalue weighted by molar-refractivity contribution is 0.0707. The van der Waals surface area contributed by atoms with Crippen LogP contribution in [0.5, 0.6) is 0 Å². The van der Waals surface area contributed by atoms with Crippen molar-refractivity contribution in [1.82, 2.24) is 4.90 Å². The van der Waals surface area contributed by atoms with Gasteiger partial charge in [0.05, 0.1) is 0 Å². The Morgan fingerprint density at radius 3 is 2.53 bits per heavy atom. The molecule has 0 aromatic heterocycles.